The number of rotatable bonds is 7. The van der Waals surface area contributed by atoms with Gasteiger partial charge in [-0.25, -0.2) is 0 Å². The van der Waals surface area contributed by atoms with Crippen molar-refractivity contribution in [1.82, 2.24) is 14.6 Å². The molecule has 0 aliphatic carbocycles. The highest BCUT2D eigenvalue weighted by Crippen LogP contribution is 2.18. The minimum absolute atomic E-state index is 0.207. The van der Waals surface area contributed by atoms with Crippen molar-refractivity contribution < 1.29 is 9.47 Å². The van der Waals surface area contributed by atoms with E-state index in [9.17, 15) is 9.59 Å². The molecule has 2 aromatic heterocycles. The van der Waals surface area contributed by atoms with E-state index in [1.165, 1.54) is 4.52 Å². The Kier molecular flexibility index (Phi) is 5.90. The minimum atomic E-state index is -0.446. The number of methoxy groups -OCH3 is 1. The summed E-state index contributed by atoms with van der Waals surface area (Å²) in [6.07, 6.45) is 3.64. The summed E-state index contributed by atoms with van der Waals surface area (Å²) in [4.78, 5) is 29.7. The summed E-state index contributed by atoms with van der Waals surface area (Å²) in [7, 11) is 1.59. The van der Waals surface area contributed by atoms with E-state index < -0.39 is 5.56 Å². The molecule has 0 bridgehead atoms. The third kappa shape index (κ3) is 4.39. The first kappa shape index (κ1) is 20.5. The van der Waals surface area contributed by atoms with E-state index in [0.29, 0.717) is 16.9 Å². The monoisotopic (exact) mass is 433 g/mol. The number of para-hydroxylation sites is 1. The lowest BCUT2D eigenvalue weighted by Crippen LogP contribution is -2.28. The first-order chi connectivity index (χ1) is 15.1. The zero-order valence-electron chi connectivity index (χ0n) is 16.8. The summed E-state index contributed by atoms with van der Waals surface area (Å²) >= 11 is 1.11. The second kappa shape index (κ2) is 8.93. The van der Waals surface area contributed by atoms with E-state index >= 15 is 0 Å². The Morgan fingerprint density at radius 2 is 1.90 bits per heavy atom. The summed E-state index contributed by atoms with van der Waals surface area (Å²) in [6, 6.07) is 14.7. The molecule has 0 saturated carbocycles. The topological polar surface area (TPSA) is 82.8 Å². The molecule has 0 amide bonds. The Hall–Kier alpha value is -3.78. The van der Waals surface area contributed by atoms with E-state index in [0.717, 1.165) is 28.2 Å². The van der Waals surface area contributed by atoms with Crippen LogP contribution >= 0.6 is 11.3 Å². The summed E-state index contributed by atoms with van der Waals surface area (Å²) in [6.45, 7) is 4.00. The van der Waals surface area contributed by atoms with Crippen LogP contribution in [-0.2, 0) is 6.42 Å². The Balaban J connectivity index is 1.74. The average molecular weight is 433 g/mol. The molecule has 2 heterocycles. The fraction of sp³-hybridized carbons (Fsp3) is 0.130. The van der Waals surface area contributed by atoms with Gasteiger partial charge < -0.3 is 9.47 Å². The van der Waals surface area contributed by atoms with Gasteiger partial charge in [0.2, 0.25) is 4.96 Å². The number of fused-ring (bicyclic) bond motifs is 1. The minimum Gasteiger partial charge on any atom is -0.497 e. The third-order valence-corrected chi connectivity index (χ3v) is 5.50. The van der Waals surface area contributed by atoms with Crippen molar-refractivity contribution in [3.63, 3.8) is 0 Å². The van der Waals surface area contributed by atoms with Gasteiger partial charge in [-0.1, -0.05) is 54.3 Å². The third-order valence-electron chi connectivity index (χ3n) is 4.54. The molecular formula is C23H19N3O4S. The van der Waals surface area contributed by atoms with Crippen LogP contribution in [0.1, 0.15) is 16.8 Å². The zero-order chi connectivity index (χ0) is 21.8. The molecule has 0 unspecified atom stereocenters. The molecule has 0 atom stereocenters. The number of aromatic nitrogens is 3. The lowest BCUT2D eigenvalue weighted by atomic mass is 10.1. The van der Waals surface area contributed by atoms with E-state index in [-0.39, 0.29) is 22.6 Å². The molecule has 0 fully saturated rings. The predicted molar refractivity (Wildman–Crippen MR) is 120 cm³/mol. The Labute approximate surface area is 181 Å². The lowest BCUT2D eigenvalue weighted by Gasteiger charge is -2.05. The quantitative estimate of drug-likeness (QED) is 0.416. The molecule has 0 spiro atoms. The van der Waals surface area contributed by atoms with Crippen molar-refractivity contribution >= 4 is 22.4 Å². The van der Waals surface area contributed by atoms with Crippen molar-refractivity contribution in [2.45, 2.75) is 6.42 Å². The van der Waals surface area contributed by atoms with Crippen molar-refractivity contribution in [2.75, 3.05) is 13.7 Å². The molecule has 4 aromatic rings. The average Bonchev–Trinajstić information content (AvgIpc) is 3.08. The maximum Gasteiger partial charge on any atom is 0.296 e. The molecule has 0 aliphatic heterocycles. The molecular weight excluding hydrogens is 414 g/mol. The zero-order valence-corrected chi connectivity index (χ0v) is 17.6. The molecule has 0 N–H and O–H groups in total. The standard InChI is InChI=1S/C23H19N3O4S/c1-3-12-30-19-7-5-4-6-16(19)14-20-22(28)26-23(31-20)24-21(27)18(25-26)13-15-8-10-17(29-2)11-9-15/h3-11,14H,1,12-13H2,2H3. The van der Waals surface area contributed by atoms with Crippen LogP contribution in [0.5, 0.6) is 11.5 Å². The number of benzene rings is 2. The molecule has 0 saturated heterocycles. The highest BCUT2D eigenvalue weighted by Gasteiger charge is 2.12. The second-order valence-corrected chi connectivity index (χ2v) is 7.65. The smallest absolute Gasteiger partial charge is 0.296 e. The van der Waals surface area contributed by atoms with E-state index in [1.807, 2.05) is 48.5 Å². The van der Waals surface area contributed by atoms with Gasteiger partial charge in [0.15, 0.2) is 0 Å². The van der Waals surface area contributed by atoms with Crippen LogP contribution in [0.3, 0.4) is 0 Å². The SMILES string of the molecule is C=CCOc1ccccc1C=c1sc2nc(=O)c(Cc3ccc(OC)cc3)nn2c1=O. The van der Waals surface area contributed by atoms with Crippen LogP contribution in [0.4, 0.5) is 0 Å². The van der Waals surface area contributed by atoms with Crippen molar-refractivity contribution in [2.24, 2.45) is 0 Å². The second-order valence-electron chi connectivity index (χ2n) is 6.64. The van der Waals surface area contributed by atoms with Gasteiger partial charge in [-0.2, -0.15) is 14.6 Å². The number of hydrogen-bond donors (Lipinski definition) is 0. The molecule has 0 aliphatic rings. The van der Waals surface area contributed by atoms with E-state index in [2.05, 4.69) is 16.7 Å². The molecule has 0 radical (unpaired) electrons. The van der Waals surface area contributed by atoms with E-state index in [1.54, 1.807) is 19.3 Å². The van der Waals surface area contributed by atoms with Crippen LogP contribution in [0.2, 0.25) is 0 Å². The normalized spacial score (nSPS) is 11.6. The van der Waals surface area contributed by atoms with Gasteiger partial charge in [-0.05, 0) is 29.8 Å². The van der Waals surface area contributed by atoms with Gasteiger partial charge >= 0.3 is 0 Å². The number of thiazole rings is 1. The Morgan fingerprint density at radius 3 is 2.65 bits per heavy atom. The molecule has 2 aromatic carbocycles. The van der Waals surface area contributed by atoms with E-state index in [4.69, 9.17) is 9.47 Å². The van der Waals surface area contributed by atoms with Crippen LogP contribution < -0.4 is 25.1 Å². The number of ether oxygens (including phenoxy) is 2. The molecule has 8 heteroatoms. The van der Waals surface area contributed by atoms with Crippen LogP contribution in [0.15, 0.2) is 70.8 Å². The number of hydrogen-bond acceptors (Lipinski definition) is 7. The highest BCUT2D eigenvalue weighted by atomic mass is 32.1. The van der Waals surface area contributed by atoms with Gasteiger partial charge in [0.1, 0.15) is 23.8 Å². The molecule has 7 nitrogen and oxygen atoms in total. The summed E-state index contributed by atoms with van der Waals surface area (Å²) in [5.41, 5.74) is 1.04. The number of nitrogens with zero attached hydrogens (tertiary/aromatic N) is 3. The Bertz CT molecular complexity index is 1410. The summed E-state index contributed by atoms with van der Waals surface area (Å²) in [5.74, 6) is 1.36. The first-order valence-electron chi connectivity index (χ1n) is 9.49. The molecule has 156 valence electrons. The maximum atomic E-state index is 12.9. The summed E-state index contributed by atoms with van der Waals surface area (Å²) in [5, 5.41) is 4.29. The van der Waals surface area contributed by atoms with Gasteiger partial charge in [0, 0.05) is 12.0 Å². The molecule has 31 heavy (non-hydrogen) atoms. The Morgan fingerprint density at radius 1 is 1.13 bits per heavy atom. The van der Waals surface area contributed by atoms with Crippen molar-refractivity contribution in [1.29, 1.82) is 0 Å². The van der Waals surface area contributed by atoms with Crippen LogP contribution in [0, 0.1) is 0 Å². The van der Waals surface area contributed by atoms with Gasteiger partial charge in [0.05, 0.1) is 11.6 Å². The molecule has 4 rings (SSSR count). The predicted octanol–water partition coefficient (Wildman–Crippen LogP) is 2.22. The van der Waals surface area contributed by atoms with Crippen molar-refractivity contribution in [3.05, 3.63) is 103 Å². The highest BCUT2D eigenvalue weighted by molar-refractivity contribution is 7.15. The largest absolute Gasteiger partial charge is 0.497 e. The van der Waals surface area contributed by atoms with Gasteiger partial charge in [0.25, 0.3) is 11.1 Å². The van der Waals surface area contributed by atoms with Gasteiger partial charge in [-0.3, -0.25) is 9.59 Å². The first-order valence-corrected chi connectivity index (χ1v) is 10.3. The van der Waals surface area contributed by atoms with Crippen molar-refractivity contribution in [3.8, 4) is 11.5 Å². The summed E-state index contributed by atoms with van der Waals surface area (Å²) < 4.78 is 12.4. The van der Waals surface area contributed by atoms with Crippen LogP contribution in [-0.4, -0.2) is 28.3 Å². The van der Waals surface area contributed by atoms with Gasteiger partial charge in [-0.15, -0.1) is 0 Å². The lowest BCUT2D eigenvalue weighted by molar-refractivity contribution is 0.362. The maximum absolute atomic E-state index is 12.9. The van der Waals surface area contributed by atoms with Crippen LogP contribution in [0.25, 0.3) is 11.0 Å². The fourth-order valence-corrected chi connectivity index (χ4v) is 3.90. The fourth-order valence-electron chi connectivity index (χ4n) is 3.01.